The van der Waals surface area contributed by atoms with Crippen molar-refractivity contribution in [2.45, 2.75) is 45.3 Å². The van der Waals surface area contributed by atoms with E-state index in [1.807, 2.05) is 0 Å². The minimum absolute atomic E-state index is 0.413. The van der Waals surface area contributed by atoms with Crippen LogP contribution in [0.15, 0.2) is 30.3 Å². The second-order valence-electron chi connectivity index (χ2n) is 5.77. The Morgan fingerprint density at radius 2 is 1.78 bits per heavy atom. The topological polar surface area (TPSA) is 13.7 Å². The summed E-state index contributed by atoms with van der Waals surface area (Å²) in [6.45, 7) is 10.3. The Balaban J connectivity index is 1.81. The van der Waals surface area contributed by atoms with E-state index in [0.717, 1.165) is 13.1 Å². The molecule has 0 amide bonds. The second kappa shape index (κ2) is 6.35. The van der Waals surface area contributed by atoms with Gasteiger partial charge in [0.05, 0.1) is 6.54 Å². The van der Waals surface area contributed by atoms with Crippen molar-refractivity contribution in [2.75, 3.05) is 19.6 Å². The predicted molar refractivity (Wildman–Crippen MR) is 75.0 cm³/mol. The zero-order valence-electron chi connectivity index (χ0n) is 11.9. The van der Waals surface area contributed by atoms with Crippen molar-refractivity contribution in [3.05, 3.63) is 35.9 Å². The molecule has 1 aliphatic rings. The van der Waals surface area contributed by atoms with Crippen LogP contribution in [0.1, 0.15) is 38.7 Å². The molecule has 1 N–H and O–H groups in total. The summed E-state index contributed by atoms with van der Waals surface area (Å²) in [4.78, 5) is 1.70. The molecular formula is C16H26NO+. The number of rotatable bonds is 4. The van der Waals surface area contributed by atoms with E-state index in [-0.39, 0.29) is 0 Å². The van der Waals surface area contributed by atoms with E-state index in [4.69, 9.17) is 4.74 Å². The number of morpholine rings is 1. The van der Waals surface area contributed by atoms with E-state index in [9.17, 15) is 0 Å². The summed E-state index contributed by atoms with van der Waals surface area (Å²) in [7, 11) is 0. The lowest BCUT2D eigenvalue weighted by atomic mass is 9.97. The van der Waals surface area contributed by atoms with Crippen LogP contribution in [0.4, 0.5) is 0 Å². The number of benzene rings is 1. The van der Waals surface area contributed by atoms with Crippen LogP contribution in [-0.2, 0) is 4.74 Å². The summed E-state index contributed by atoms with van der Waals surface area (Å²) in [5.74, 6) is 0.659. The summed E-state index contributed by atoms with van der Waals surface area (Å²) >= 11 is 0. The van der Waals surface area contributed by atoms with Crippen LogP contribution in [0.25, 0.3) is 0 Å². The molecule has 1 unspecified atom stereocenters. The van der Waals surface area contributed by atoms with Crippen LogP contribution in [0.5, 0.6) is 0 Å². The molecule has 18 heavy (non-hydrogen) atoms. The zero-order chi connectivity index (χ0) is 13.0. The SMILES string of the molecule is C[C@@H]1C[NH+](CC[C@@H](C)c2ccccc2)C[C@H](C)O1. The molecule has 2 rings (SSSR count). The van der Waals surface area contributed by atoms with Gasteiger partial charge in [-0.1, -0.05) is 37.3 Å². The fourth-order valence-electron chi connectivity index (χ4n) is 2.96. The first-order chi connectivity index (χ1) is 8.65. The number of ether oxygens (including phenoxy) is 1. The van der Waals surface area contributed by atoms with E-state index in [1.54, 1.807) is 4.90 Å². The number of hydrogen-bond acceptors (Lipinski definition) is 1. The summed E-state index contributed by atoms with van der Waals surface area (Å²) in [5.41, 5.74) is 1.46. The van der Waals surface area contributed by atoms with Crippen molar-refractivity contribution in [3.63, 3.8) is 0 Å². The van der Waals surface area contributed by atoms with Crippen LogP contribution in [0.3, 0.4) is 0 Å². The van der Waals surface area contributed by atoms with Crippen LogP contribution < -0.4 is 4.90 Å². The minimum Gasteiger partial charge on any atom is -0.364 e. The monoisotopic (exact) mass is 248 g/mol. The molecule has 0 saturated carbocycles. The molecule has 1 heterocycles. The molecule has 1 saturated heterocycles. The van der Waals surface area contributed by atoms with Gasteiger partial charge in [0.2, 0.25) is 0 Å². The van der Waals surface area contributed by atoms with Crippen molar-refractivity contribution in [2.24, 2.45) is 0 Å². The number of hydrogen-bond donors (Lipinski definition) is 1. The largest absolute Gasteiger partial charge is 0.364 e. The molecule has 0 aromatic heterocycles. The molecule has 0 bridgehead atoms. The van der Waals surface area contributed by atoms with Gasteiger partial charge in [-0.3, -0.25) is 0 Å². The molecule has 100 valence electrons. The van der Waals surface area contributed by atoms with E-state index in [1.165, 1.54) is 18.5 Å². The zero-order valence-corrected chi connectivity index (χ0v) is 11.9. The first kappa shape index (κ1) is 13.6. The van der Waals surface area contributed by atoms with Crippen LogP contribution in [-0.4, -0.2) is 31.8 Å². The molecule has 0 spiro atoms. The maximum Gasteiger partial charge on any atom is 0.104 e. The number of quaternary nitrogens is 1. The van der Waals surface area contributed by atoms with E-state index >= 15 is 0 Å². The Bertz CT molecular complexity index is 341. The first-order valence-electron chi connectivity index (χ1n) is 7.19. The Labute approximate surface area is 111 Å². The second-order valence-corrected chi connectivity index (χ2v) is 5.77. The maximum atomic E-state index is 5.79. The molecule has 2 nitrogen and oxygen atoms in total. The average molecular weight is 248 g/mol. The number of nitrogens with one attached hydrogen (secondary N) is 1. The fraction of sp³-hybridized carbons (Fsp3) is 0.625. The van der Waals surface area contributed by atoms with Crippen molar-refractivity contribution in [3.8, 4) is 0 Å². The molecular weight excluding hydrogens is 222 g/mol. The lowest BCUT2D eigenvalue weighted by molar-refractivity contribution is -0.915. The van der Waals surface area contributed by atoms with Crippen LogP contribution >= 0.6 is 0 Å². The third-order valence-electron chi connectivity index (χ3n) is 3.92. The predicted octanol–water partition coefficient (Wildman–Crippen LogP) is 1.87. The molecule has 1 aromatic carbocycles. The molecule has 1 fully saturated rings. The molecule has 2 heteroatoms. The standard InChI is InChI=1S/C16H25NO/c1-13(16-7-5-4-6-8-16)9-10-17-11-14(2)18-15(3)12-17/h4-8,13-15H,9-12H2,1-3H3/p+1/t13-,14-,15+/m1/s1. The van der Waals surface area contributed by atoms with E-state index in [0.29, 0.717) is 18.1 Å². The maximum absolute atomic E-state index is 5.79. The Kier molecular flexibility index (Phi) is 4.79. The highest BCUT2D eigenvalue weighted by molar-refractivity contribution is 5.18. The lowest BCUT2D eigenvalue weighted by Crippen LogP contribution is -3.15. The van der Waals surface area contributed by atoms with Crippen molar-refractivity contribution < 1.29 is 9.64 Å². The van der Waals surface area contributed by atoms with Gasteiger partial charge < -0.3 is 9.64 Å². The van der Waals surface area contributed by atoms with Crippen molar-refractivity contribution in [1.82, 2.24) is 0 Å². The van der Waals surface area contributed by atoms with Gasteiger partial charge in [0.25, 0.3) is 0 Å². The van der Waals surface area contributed by atoms with Gasteiger partial charge in [-0.15, -0.1) is 0 Å². The van der Waals surface area contributed by atoms with E-state index in [2.05, 4.69) is 51.1 Å². The lowest BCUT2D eigenvalue weighted by Gasteiger charge is -2.33. The fourth-order valence-corrected chi connectivity index (χ4v) is 2.96. The average Bonchev–Trinajstić information content (AvgIpc) is 2.36. The normalized spacial score (nSPS) is 30.1. The highest BCUT2D eigenvalue weighted by atomic mass is 16.5. The van der Waals surface area contributed by atoms with Gasteiger partial charge in [0, 0.05) is 6.42 Å². The van der Waals surface area contributed by atoms with Gasteiger partial charge in [0.1, 0.15) is 25.3 Å². The van der Waals surface area contributed by atoms with Gasteiger partial charge >= 0.3 is 0 Å². The third-order valence-corrected chi connectivity index (χ3v) is 3.92. The van der Waals surface area contributed by atoms with Gasteiger partial charge in [0.15, 0.2) is 0 Å². The van der Waals surface area contributed by atoms with Crippen molar-refractivity contribution in [1.29, 1.82) is 0 Å². The third kappa shape index (κ3) is 3.82. The summed E-state index contributed by atoms with van der Waals surface area (Å²) < 4.78 is 5.79. The minimum atomic E-state index is 0.413. The molecule has 0 aliphatic carbocycles. The molecule has 4 atom stereocenters. The summed E-state index contributed by atoms with van der Waals surface area (Å²) in [5, 5.41) is 0. The van der Waals surface area contributed by atoms with Gasteiger partial charge in [-0.05, 0) is 25.3 Å². The highest BCUT2D eigenvalue weighted by Gasteiger charge is 2.25. The van der Waals surface area contributed by atoms with Crippen LogP contribution in [0, 0.1) is 0 Å². The van der Waals surface area contributed by atoms with Gasteiger partial charge in [-0.25, -0.2) is 0 Å². The first-order valence-corrected chi connectivity index (χ1v) is 7.19. The Morgan fingerprint density at radius 1 is 1.17 bits per heavy atom. The summed E-state index contributed by atoms with van der Waals surface area (Å²) in [6, 6.07) is 10.8. The van der Waals surface area contributed by atoms with E-state index < -0.39 is 0 Å². The molecule has 1 aliphatic heterocycles. The molecule has 0 radical (unpaired) electrons. The highest BCUT2D eigenvalue weighted by Crippen LogP contribution is 2.17. The van der Waals surface area contributed by atoms with Gasteiger partial charge in [-0.2, -0.15) is 0 Å². The quantitative estimate of drug-likeness (QED) is 0.859. The Morgan fingerprint density at radius 3 is 2.39 bits per heavy atom. The molecule has 1 aromatic rings. The smallest absolute Gasteiger partial charge is 0.104 e. The summed E-state index contributed by atoms with van der Waals surface area (Å²) in [6.07, 6.45) is 2.09. The van der Waals surface area contributed by atoms with Crippen molar-refractivity contribution >= 4 is 0 Å². The van der Waals surface area contributed by atoms with Crippen LogP contribution in [0.2, 0.25) is 0 Å². The Hall–Kier alpha value is -0.860.